The van der Waals surface area contributed by atoms with Gasteiger partial charge >= 0.3 is 0 Å². The molecule has 1 aliphatic carbocycles. The Morgan fingerprint density at radius 2 is 2.00 bits per heavy atom. The Morgan fingerprint density at radius 1 is 1.15 bits per heavy atom. The minimum absolute atomic E-state index is 0.0457. The second kappa shape index (κ2) is 9.97. The largest absolute Gasteiger partial charge is 0.497 e. The fourth-order valence-electron chi connectivity index (χ4n) is 4.48. The number of fused-ring (bicyclic) bond motifs is 1. The fourth-order valence-corrected chi connectivity index (χ4v) is 5.23. The molecule has 1 saturated heterocycles. The maximum absolute atomic E-state index is 12.7. The second-order valence-electron chi connectivity index (χ2n) is 8.45. The first-order valence-corrected chi connectivity index (χ1v) is 12.4. The van der Waals surface area contributed by atoms with E-state index < -0.39 is 0 Å². The van der Waals surface area contributed by atoms with Gasteiger partial charge < -0.3 is 14.8 Å². The monoisotopic (exact) mass is 464 g/mol. The second-order valence-corrected chi connectivity index (χ2v) is 9.40. The molecule has 0 unspecified atom stereocenters. The van der Waals surface area contributed by atoms with E-state index in [1.54, 1.807) is 7.11 Å². The van der Waals surface area contributed by atoms with Crippen molar-refractivity contribution in [2.45, 2.75) is 49.9 Å². The van der Waals surface area contributed by atoms with Crippen LogP contribution in [0, 0.1) is 0 Å². The highest BCUT2D eigenvalue weighted by atomic mass is 32.2. The summed E-state index contributed by atoms with van der Waals surface area (Å²) in [4.78, 5) is 12.7. The van der Waals surface area contributed by atoms with Crippen LogP contribution in [0.4, 0.5) is 5.69 Å². The normalized spacial score (nSPS) is 17.2. The molecular formula is C25H28N4O3S. The van der Waals surface area contributed by atoms with Gasteiger partial charge in [-0.3, -0.25) is 9.36 Å². The molecule has 172 valence electrons. The molecule has 0 bridgehead atoms. The molecule has 3 aromatic rings. The van der Waals surface area contributed by atoms with E-state index in [0.717, 1.165) is 60.3 Å². The van der Waals surface area contributed by atoms with Crippen LogP contribution < -0.4 is 10.1 Å². The van der Waals surface area contributed by atoms with Crippen molar-refractivity contribution in [2.24, 2.45) is 0 Å². The SMILES string of the molecule is COc1ccc(-c2nnc(SCC(=O)Nc3ccc4c(c3)CCC4)n2C[C@H]2CCCO2)cc1. The Bertz CT molecular complexity index is 1120. The van der Waals surface area contributed by atoms with Gasteiger partial charge in [0.05, 0.1) is 25.5 Å². The van der Waals surface area contributed by atoms with E-state index in [0.29, 0.717) is 6.54 Å². The average Bonchev–Trinajstić information content (AvgIpc) is 3.59. The van der Waals surface area contributed by atoms with E-state index in [2.05, 4.69) is 32.2 Å². The van der Waals surface area contributed by atoms with Gasteiger partial charge in [-0.1, -0.05) is 17.8 Å². The van der Waals surface area contributed by atoms with Crippen molar-refractivity contribution >= 4 is 23.4 Å². The number of hydrogen-bond donors (Lipinski definition) is 1. The van der Waals surface area contributed by atoms with Crippen molar-refractivity contribution < 1.29 is 14.3 Å². The maximum atomic E-state index is 12.7. The summed E-state index contributed by atoms with van der Waals surface area (Å²) < 4.78 is 13.2. The topological polar surface area (TPSA) is 78.3 Å². The van der Waals surface area contributed by atoms with Gasteiger partial charge in [0.2, 0.25) is 5.91 Å². The summed E-state index contributed by atoms with van der Waals surface area (Å²) in [5, 5.41) is 12.6. The van der Waals surface area contributed by atoms with Gasteiger partial charge in [-0.25, -0.2) is 0 Å². The third-order valence-electron chi connectivity index (χ3n) is 6.19. The molecule has 1 atom stereocenters. The lowest BCUT2D eigenvalue weighted by atomic mass is 10.1. The highest BCUT2D eigenvalue weighted by molar-refractivity contribution is 7.99. The molecule has 1 N–H and O–H groups in total. The number of aromatic nitrogens is 3. The predicted molar refractivity (Wildman–Crippen MR) is 129 cm³/mol. The third-order valence-corrected chi connectivity index (χ3v) is 7.16. The highest BCUT2D eigenvalue weighted by Crippen LogP contribution is 2.28. The van der Waals surface area contributed by atoms with Crippen molar-refractivity contribution in [3.63, 3.8) is 0 Å². The molecule has 5 rings (SSSR count). The Morgan fingerprint density at radius 3 is 2.79 bits per heavy atom. The Kier molecular flexibility index (Phi) is 6.64. The Balaban J connectivity index is 1.30. The number of aryl methyl sites for hydroxylation is 2. The van der Waals surface area contributed by atoms with E-state index in [-0.39, 0.29) is 17.8 Å². The molecule has 2 aromatic carbocycles. The van der Waals surface area contributed by atoms with E-state index in [9.17, 15) is 4.79 Å². The van der Waals surface area contributed by atoms with Gasteiger partial charge in [-0.2, -0.15) is 0 Å². The van der Waals surface area contributed by atoms with Crippen molar-refractivity contribution in [3.05, 3.63) is 53.6 Å². The fraction of sp³-hybridized carbons (Fsp3) is 0.400. The molecule has 2 heterocycles. The van der Waals surface area contributed by atoms with Gasteiger partial charge in [0, 0.05) is 17.9 Å². The van der Waals surface area contributed by atoms with Crippen molar-refractivity contribution in [1.29, 1.82) is 0 Å². The van der Waals surface area contributed by atoms with E-state index in [1.165, 1.54) is 29.3 Å². The number of anilines is 1. The van der Waals surface area contributed by atoms with Gasteiger partial charge in [0.1, 0.15) is 5.75 Å². The van der Waals surface area contributed by atoms with Crippen molar-refractivity contribution in [2.75, 3.05) is 24.8 Å². The number of hydrogen-bond acceptors (Lipinski definition) is 6. The Labute approximate surface area is 197 Å². The van der Waals surface area contributed by atoms with Crippen LogP contribution in [-0.2, 0) is 28.9 Å². The van der Waals surface area contributed by atoms with Gasteiger partial charge in [-0.15, -0.1) is 10.2 Å². The first kappa shape index (κ1) is 22.0. The Hall–Kier alpha value is -2.84. The minimum atomic E-state index is -0.0457. The summed E-state index contributed by atoms with van der Waals surface area (Å²) in [7, 11) is 1.65. The van der Waals surface area contributed by atoms with Crippen LogP contribution in [-0.4, -0.2) is 46.2 Å². The predicted octanol–water partition coefficient (Wildman–Crippen LogP) is 4.35. The lowest BCUT2D eigenvalue weighted by Crippen LogP contribution is -2.18. The molecule has 1 amide bonds. The summed E-state index contributed by atoms with van der Waals surface area (Å²) in [5.41, 5.74) is 4.56. The number of methoxy groups -OCH3 is 1. The quantitative estimate of drug-likeness (QED) is 0.500. The van der Waals surface area contributed by atoms with E-state index >= 15 is 0 Å². The molecule has 1 aliphatic heterocycles. The number of nitrogens with zero attached hydrogens (tertiary/aromatic N) is 3. The zero-order valence-electron chi connectivity index (χ0n) is 18.8. The van der Waals surface area contributed by atoms with E-state index in [1.807, 2.05) is 30.3 Å². The molecule has 1 fully saturated rings. The van der Waals surface area contributed by atoms with Crippen LogP contribution in [0.25, 0.3) is 11.4 Å². The number of thioether (sulfide) groups is 1. The van der Waals surface area contributed by atoms with Crippen molar-refractivity contribution in [3.8, 4) is 17.1 Å². The number of benzene rings is 2. The van der Waals surface area contributed by atoms with Gasteiger partial charge in [0.25, 0.3) is 0 Å². The molecule has 2 aliphatic rings. The summed E-state index contributed by atoms with van der Waals surface area (Å²) in [5.74, 6) is 1.79. The number of carbonyl (C=O) groups is 1. The van der Waals surface area contributed by atoms with Crippen molar-refractivity contribution in [1.82, 2.24) is 14.8 Å². The summed E-state index contributed by atoms with van der Waals surface area (Å²) in [6.45, 7) is 1.46. The van der Waals surface area contributed by atoms with Crippen LogP contribution >= 0.6 is 11.8 Å². The van der Waals surface area contributed by atoms with Crippen LogP contribution in [0.3, 0.4) is 0 Å². The first-order chi connectivity index (χ1) is 16.2. The maximum Gasteiger partial charge on any atom is 0.234 e. The zero-order valence-corrected chi connectivity index (χ0v) is 19.6. The highest BCUT2D eigenvalue weighted by Gasteiger charge is 2.22. The van der Waals surface area contributed by atoms with Crippen LogP contribution in [0.15, 0.2) is 47.6 Å². The smallest absolute Gasteiger partial charge is 0.234 e. The molecular weight excluding hydrogens is 436 g/mol. The molecule has 0 spiro atoms. The minimum Gasteiger partial charge on any atom is -0.497 e. The molecule has 0 radical (unpaired) electrons. The number of amides is 1. The molecule has 8 heteroatoms. The number of nitrogens with one attached hydrogen (secondary N) is 1. The number of carbonyl (C=O) groups excluding carboxylic acids is 1. The van der Waals surface area contributed by atoms with Gasteiger partial charge in [0.15, 0.2) is 11.0 Å². The van der Waals surface area contributed by atoms with Crippen LogP contribution in [0.5, 0.6) is 5.75 Å². The zero-order chi connectivity index (χ0) is 22.6. The van der Waals surface area contributed by atoms with Crippen LogP contribution in [0.1, 0.15) is 30.4 Å². The molecule has 0 saturated carbocycles. The molecule has 33 heavy (non-hydrogen) atoms. The molecule has 7 nitrogen and oxygen atoms in total. The van der Waals surface area contributed by atoms with E-state index in [4.69, 9.17) is 9.47 Å². The summed E-state index contributed by atoms with van der Waals surface area (Å²) in [6, 6.07) is 14.0. The average molecular weight is 465 g/mol. The van der Waals surface area contributed by atoms with Crippen LogP contribution in [0.2, 0.25) is 0 Å². The summed E-state index contributed by atoms with van der Waals surface area (Å²) >= 11 is 1.40. The molecule has 1 aromatic heterocycles. The van der Waals surface area contributed by atoms with Gasteiger partial charge in [-0.05, 0) is 79.6 Å². The lowest BCUT2D eigenvalue weighted by Gasteiger charge is -2.15. The first-order valence-electron chi connectivity index (χ1n) is 11.4. The lowest BCUT2D eigenvalue weighted by molar-refractivity contribution is -0.113. The third kappa shape index (κ3) is 5.07. The number of ether oxygens (including phenoxy) is 2. The standard InChI is InChI=1S/C25H28N4O3S/c1-31-21-11-8-18(9-12-21)24-27-28-25(29(24)15-22-6-3-13-32-22)33-16-23(30)26-20-10-7-17-4-2-5-19(17)14-20/h7-12,14,22H,2-6,13,15-16H2,1H3,(H,26,30)/t22-/m1/s1. The summed E-state index contributed by atoms with van der Waals surface area (Å²) in [6.07, 6.45) is 5.64. The number of rotatable bonds is 8.